The van der Waals surface area contributed by atoms with Gasteiger partial charge in [-0.1, -0.05) is 7.43 Å². The topological polar surface area (TPSA) is 572 Å². The van der Waals surface area contributed by atoms with Gasteiger partial charge in [-0.05, 0) is 150 Å². The summed E-state index contributed by atoms with van der Waals surface area (Å²) in [7, 11) is 0. The van der Waals surface area contributed by atoms with E-state index in [2.05, 4.69) is 55.1 Å². The van der Waals surface area contributed by atoms with Gasteiger partial charge in [0.05, 0.1) is 68.6 Å². The third-order valence-electron chi connectivity index (χ3n) is 18.6. The van der Waals surface area contributed by atoms with E-state index in [4.69, 9.17) is 86.0 Å². The van der Waals surface area contributed by atoms with E-state index in [-0.39, 0.29) is 226 Å². The minimum Gasteiger partial charge on any atom is -1.00 e. The number of carboxylic acids is 1. The molecule has 6 aromatic heterocycles. The van der Waals surface area contributed by atoms with Crippen molar-refractivity contribution in [3.63, 3.8) is 0 Å². The second-order valence-corrected chi connectivity index (χ2v) is 36.2. The number of aromatic nitrogens is 12. The zero-order chi connectivity index (χ0) is 94.7. The first-order valence-corrected chi connectivity index (χ1v) is 41.9. The molecule has 45 nitrogen and oxygen atoms in total. The normalized spacial score (nSPS) is 16.3. The number of hydrogen-bond acceptors (Lipinski definition) is 41. The number of hydrogen-bond donors (Lipinski definition) is 4. The summed E-state index contributed by atoms with van der Waals surface area (Å²) < 4.78 is 43.1. The molecule has 0 aromatic carbocycles. The minimum atomic E-state index is -1.24. The van der Waals surface area contributed by atoms with Gasteiger partial charge in [-0.3, -0.25) is 9.59 Å². The van der Waals surface area contributed by atoms with Gasteiger partial charge in [-0.15, -0.1) is 0 Å². The van der Waals surface area contributed by atoms with E-state index >= 15 is 0 Å². The van der Waals surface area contributed by atoms with Gasteiger partial charge in [0.1, 0.15) is 74.5 Å². The smallest absolute Gasteiger partial charge is 1.00 e. The number of carbonyl (C=O) groups is 10. The van der Waals surface area contributed by atoms with Gasteiger partial charge in [-0.2, -0.15) is 9.97 Å². The van der Waals surface area contributed by atoms with E-state index in [1.54, 1.807) is 98.5 Å². The number of nitrogen functional groups attached to an aromatic ring is 2. The molecule has 3 amide bonds. The molecule has 0 unspecified atom stereocenters. The van der Waals surface area contributed by atoms with Crippen molar-refractivity contribution in [2.45, 2.75) is 237 Å². The van der Waals surface area contributed by atoms with Crippen LogP contribution in [-0.2, 0) is 101 Å². The van der Waals surface area contributed by atoms with Gasteiger partial charge < -0.3 is 116 Å². The van der Waals surface area contributed by atoms with E-state index in [1.165, 1.54) is 18.6 Å². The van der Waals surface area contributed by atoms with Gasteiger partial charge in [0.25, 0.3) is 6.47 Å². The summed E-state index contributed by atoms with van der Waals surface area (Å²) in [5.74, 6) is -1.88. The fraction of sp³-hybridized carbons (Fsp3) is 0.595. The van der Waals surface area contributed by atoms with Crippen molar-refractivity contribution in [3.05, 3.63) is 99.1 Å². The molecule has 3 saturated heterocycles. The number of halogens is 1. The van der Waals surface area contributed by atoms with Crippen LogP contribution in [0.5, 0.6) is 0 Å². The SMILES string of the molecule is C.CC(C)(C)OC(=O)[C@H]1CN(c2ncc3c(n2)CCN(C(=O)OC(C)(C)C)C3)CCN1.CC(C)(C)OC(=O)[C@H]1CN(c2ncc3c(n2)CCN(C(=O)OC(C)(C)C)C3)CCN1c1ncc(C(=O)O)c(N)n1.CCOC(=O)c1cnc(Cl)nc1.CCOC(=O)c1cnc(N2CCN(c3ncc4c(n3)CCN(C(=O)OC(C)(C)C)C4)C[C@@H]2C(=O)OC(C)(C)C)nc1N.O=CO[O-].[H-].[K+].[K+].[Li+].[OH-]. The first-order chi connectivity index (χ1) is 59.8. The summed E-state index contributed by atoms with van der Waals surface area (Å²) in [6.07, 6.45) is 11.0. The number of rotatable bonds is 14. The van der Waals surface area contributed by atoms with Gasteiger partial charge in [0, 0.05) is 145 Å². The zero-order valence-electron chi connectivity index (χ0n) is 80.5. The summed E-state index contributed by atoms with van der Waals surface area (Å²) in [5, 5.41) is 21.0. The van der Waals surface area contributed by atoms with Crippen molar-refractivity contribution >= 4 is 114 Å². The van der Waals surface area contributed by atoms with Gasteiger partial charge in [-0.25, -0.2) is 88.2 Å². The maximum absolute atomic E-state index is 13.4. The standard InChI is InChI=1S/C28H40N8O6.C26H36N8O6.C21H33N5O4.C7H7ClN2O2.CH2O3.CH4.2K.Li.H2O.H/c1-8-40-22(37)18-14-31-25(33-21(18)29)36-12-11-34(16-20(36)23(38)41-27(2,3)4)24-30-13-17-15-35(10-9-19(17)32-24)26(39)42-28(5,6)7;1-25(2,3)39-21(37)18-14-32(9-10-34(18)23-29-12-16(20(35)36)19(27)31-23)22-28-11-15-13-33(8-7-17(15)30-22)24(38)40-26(4,5)6;1-20(2,3)29-17(27)16-13-25(10-8-22-16)18-23-11-14-12-26(9-7-15(14)24-18)19(28)30-21(4,5)6;1-2-12-6(11)5-3-9-7(8)10-4-5;2-1-4-3;;;;;;/h13-14,20H,8-12,15-16H2,1-7H3,(H2,29,31,33);11-12,18H,7-10,13-14H2,1-6H3,(H,35,36)(H2,27,29,31);11,16,22H,7-10,12-13H2,1-6H3;3-4H,2H2,1H3;1,3H;1H4;;;;1H2;/q;;;;;;3*+1;;-1/p-2/t20-;18-;16-;;;;;;;;/m111......../s1. The van der Waals surface area contributed by atoms with E-state index in [9.17, 15) is 48.3 Å². The number of fused-ring (bicyclic) bond motifs is 3. The third-order valence-corrected chi connectivity index (χ3v) is 18.8. The first kappa shape index (κ1) is 118. The van der Waals surface area contributed by atoms with E-state index in [0.717, 1.165) is 40.0 Å². The Morgan fingerprint density at radius 3 is 1.11 bits per heavy atom. The number of esters is 5. The Morgan fingerprint density at radius 2 is 0.789 bits per heavy atom. The molecule has 6 aromatic rings. The van der Waals surface area contributed by atoms with E-state index < -0.39 is 81.6 Å². The fourth-order valence-corrected chi connectivity index (χ4v) is 13.1. The number of nitrogens with one attached hydrogen (secondary N) is 1. The molecule has 3 fully saturated rings. The van der Waals surface area contributed by atoms with Crippen LogP contribution in [0.2, 0.25) is 5.28 Å². The summed E-state index contributed by atoms with van der Waals surface area (Å²) >= 11 is 5.42. The van der Waals surface area contributed by atoms with E-state index in [1.807, 2.05) is 97.8 Å². The van der Waals surface area contributed by atoms with Crippen LogP contribution in [-0.4, -0.2) is 289 Å². The molecular formula is C84H123ClK2LiN23O22. The van der Waals surface area contributed by atoms with Crippen LogP contribution in [0, 0.1) is 0 Å². The summed E-state index contributed by atoms with van der Waals surface area (Å²) in [6, 6.07) is -2.04. The predicted octanol–water partition coefficient (Wildman–Crippen LogP) is -2.55. The molecule has 0 saturated carbocycles. The van der Waals surface area contributed by atoms with Crippen LogP contribution < -0.4 is 168 Å². The largest absolute Gasteiger partial charge is 1.00 e. The molecule has 133 heavy (non-hydrogen) atoms. The fourth-order valence-electron chi connectivity index (χ4n) is 13.0. The minimum absolute atomic E-state index is 0. The molecular weight excluding hydrogens is 1800 g/mol. The molecule has 7 N–H and O–H groups in total. The molecule has 0 spiro atoms. The average molecular weight is 1930 g/mol. The molecule has 6 aliphatic heterocycles. The number of carboxylic acid groups (broad SMARTS) is 1. The summed E-state index contributed by atoms with van der Waals surface area (Å²) in [4.78, 5) is 189. The Labute approximate surface area is 877 Å². The van der Waals surface area contributed by atoms with Gasteiger partial charge in [0.15, 0.2) is 0 Å². The second kappa shape index (κ2) is 52.0. The van der Waals surface area contributed by atoms with Crippen LogP contribution in [0.4, 0.5) is 55.8 Å². The number of nitrogens with zero attached hydrogens (tertiary/aromatic N) is 20. The number of carbonyl (C=O) groups excluding carboxylic acids is 9. The maximum atomic E-state index is 13.4. The molecule has 0 radical (unpaired) electrons. The molecule has 49 heteroatoms. The number of nitrogens with two attached hydrogens (primary N) is 2. The number of amides is 3. The molecule has 0 aliphatic carbocycles. The number of ether oxygens (including phenoxy) is 8. The van der Waals surface area contributed by atoms with Gasteiger partial charge in [0.2, 0.25) is 35.0 Å². The van der Waals surface area contributed by atoms with Crippen LogP contribution in [0.25, 0.3) is 0 Å². The quantitative estimate of drug-likeness (QED) is 0.0166. The van der Waals surface area contributed by atoms with E-state index in [0.29, 0.717) is 134 Å². The van der Waals surface area contributed by atoms with Crippen LogP contribution in [0.3, 0.4) is 0 Å². The predicted molar refractivity (Wildman–Crippen MR) is 471 cm³/mol. The van der Waals surface area contributed by atoms with Crippen LogP contribution in [0.1, 0.15) is 212 Å². The van der Waals surface area contributed by atoms with Crippen molar-refractivity contribution in [3.8, 4) is 0 Å². The number of piperazine rings is 3. The van der Waals surface area contributed by atoms with Crippen molar-refractivity contribution in [2.24, 2.45) is 0 Å². The zero-order valence-corrected chi connectivity index (χ0v) is 86.5. The van der Waals surface area contributed by atoms with Gasteiger partial charge >= 0.3 is 176 Å². The Kier molecular flexibility index (Phi) is 46.2. The molecule has 716 valence electrons. The number of anilines is 7. The Morgan fingerprint density at radius 1 is 0.466 bits per heavy atom. The monoisotopic (exact) mass is 1930 g/mol. The first-order valence-electron chi connectivity index (χ1n) is 41.5. The Balaban J connectivity index is 0.000000619. The maximum Gasteiger partial charge on any atom is 1.00 e. The van der Waals surface area contributed by atoms with Crippen LogP contribution >= 0.6 is 11.6 Å². The van der Waals surface area contributed by atoms with Crippen LogP contribution in [0.15, 0.2) is 43.4 Å². The molecule has 0 bridgehead atoms. The number of aromatic carboxylic acids is 1. The summed E-state index contributed by atoms with van der Waals surface area (Å²) in [6.45, 7) is 43.0. The summed E-state index contributed by atoms with van der Waals surface area (Å²) in [5.41, 5.74) is 13.6. The second-order valence-electron chi connectivity index (χ2n) is 35.9. The average Bonchev–Trinajstić information content (AvgIpc) is 0.789. The van der Waals surface area contributed by atoms with Crippen molar-refractivity contribution in [2.75, 3.05) is 128 Å². The molecule has 12 rings (SSSR count). The van der Waals surface area contributed by atoms with Crippen molar-refractivity contribution in [1.29, 1.82) is 0 Å². The third kappa shape index (κ3) is 36.7. The Bertz CT molecular complexity index is 4950. The van der Waals surface area contributed by atoms with Crippen molar-refractivity contribution in [1.82, 2.24) is 79.8 Å². The molecule has 12 heterocycles. The Hall–Kier alpha value is -8.78. The van der Waals surface area contributed by atoms with Crippen molar-refractivity contribution < 1.29 is 230 Å². The molecule has 6 aliphatic rings. The molecule has 3 atom stereocenters.